The summed E-state index contributed by atoms with van der Waals surface area (Å²) in [6.45, 7) is 6.33. The number of nitrogens with zero attached hydrogens (tertiary/aromatic N) is 1. The van der Waals surface area contributed by atoms with Crippen LogP contribution in [-0.2, 0) is 16.4 Å². The van der Waals surface area contributed by atoms with Gasteiger partial charge in [-0.05, 0) is 55.7 Å². The lowest BCUT2D eigenvalue weighted by Gasteiger charge is -2.23. The summed E-state index contributed by atoms with van der Waals surface area (Å²) in [5.41, 5.74) is 2.92. The number of aryl methyl sites for hydroxylation is 2. The molecule has 0 N–H and O–H groups in total. The van der Waals surface area contributed by atoms with Crippen molar-refractivity contribution in [2.45, 2.75) is 38.5 Å². The Labute approximate surface area is 133 Å². The number of sulfonamides is 1. The van der Waals surface area contributed by atoms with Crippen LogP contribution < -0.4 is 4.31 Å². The van der Waals surface area contributed by atoms with E-state index in [-0.39, 0.29) is 0 Å². The summed E-state index contributed by atoms with van der Waals surface area (Å²) in [6, 6.07) is 14.8. The van der Waals surface area contributed by atoms with E-state index in [1.54, 1.807) is 12.1 Å². The van der Waals surface area contributed by atoms with E-state index < -0.39 is 10.0 Å². The molecular weight excluding hydrogens is 294 g/mol. The highest BCUT2D eigenvalue weighted by Crippen LogP contribution is 2.24. The Morgan fingerprint density at radius 2 is 1.68 bits per heavy atom. The molecule has 118 valence electrons. The third-order valence-corrected chi connectivity index (χ3v) is 5.54. The van der Waals surface area contributed by atoms with Gasteiger partial charge >= 0.3 is 0 Å². The van der Waals surface area contributed by atoms with E-state index in [2.05, 4.69) is 6.92 Å². The highest BCUT2D eigenvalue weighted by Gasteiger charge is 2.23. The van der Waals surface area contributed by atoms with Crippen LogP contribution >= 0.6 is 0 Å². The molecule has 0 unspecified atom stereocenters. The van der Waals surface area contributed by atoms with Crippen LogP contribution in [0, 0.1) is 6.92 Å². The minimum Gasteiger partial charge on any atom is -0.267 e. The van der Waals surface area contributed by atoms with Gasteiger partial charge in [-0.15, -0.1) is 0 Å². The van der Waals surface area contributed by atoms with E-state index in [0.29, 0.717) is 17.1 Å². The first-order chi connectivity index (χ1) is 10.5. The Morgan fingerprint density at radius 1 is 1.00 bits per heavy atom. The molecule has 0 saturated carbocycles. The highest BCUT2D eigenvalue weighted by molar-refractivity contribution is 7.92. The zero-order valence-electron chi connectivity index (χ0n) is 13.4. The van der Waals surface area contributed by atoms with Crippen molar-refractivity contribution in [3.8, 4) is 0 Å². The molecule has 0 bridgehead atoms. The minimum absolute atomic E-state index is 0.343. The lowest BCUT2D eigenvalue weighted by molar-refractivity contribution is 0.592. The van der Waals surface area contributed by atoms with E-state index in [4.69, 9.17) is 0 Å². The maximum atomic E-state index is 12.9. The minimum atomic E-state index is -3.52. The Hall–Kier alpha value is -1.81. The summed E-state index contributed by atoms with van der Waals surface area (Å²) in [4.78, 5) is 0.343. The number of hydrogen-bond donors (Lipinski definition) is 0. The molecule has 0 aromatic heterocycles. The summed E-state index contributed by atoms with van der Waals surface area (Å²) in [7, 11) is -3.52. The van der Waals surface area contributed by atoms with Crippen LogP contribution in [0.25, 0.3) is 0 Å². The van der Waals surface area contributed by atoms with Gasteiger partial charge in [-0.3, -0.25) is 4.31 Å². The Balaban J connectivity index is 2.38. The summed E-state index contributed by atoms with van der Waals surface area (Å²) >= 11 is 0. The van der Waals surface area contributed by atoms with Crippen LogP contribution in [0.1, 0.15) is 31.4 Å². The molecule has 0 aliphatic heterocycles. The standard InChI is InChI=1S/C18H23NO2S/c1-4-7-16-10-12-18(13-11-16)22(20,21)19(5-2)17-9-6-8-15(3)14-17/h6,8-14H,4-5,7H2,1-3H3. The summed E-state index contributed by atoms with van der Waals surface area (Å²) < 4.78 is 27.2. The molecule has 0 amide bonds. The zero-order valence-corrected chi connectivity index (χ0v) is 14.2. The maximum absolute atomic E-state index is 12.9. The Bertz CT molecular complexity index is 721. The normalized spacial score (nSPS) is 11.4. The first-order valence-corrected chi connectivity index (χ1v) is 9.11. The lowest BCUT2D eigenvalue weighted by atomic mass is 10.1. The fraction of sp³-hybridized carbons (Fsp3) is 0.333. The molecule has 0 radical (unpaired) electrons. The van der Waals surface area contributed by atoms with Crippen molar-refractivity contribution < 1.29 is 8.42 Å². The highest BCUT2D eigenvalue weighted by atomic mass is 32.2. The fourth-order valence-corrected chi connectivity index (χ4v) is 3.98. The topological polar surface area (TPSA) is 37.4 Å². The van der Waals surface area contributed by atoms with Crippen LogP contribution in [0.15, 0.2) is 53.4 Å². The number of rotatable bonds is 6. The zero-order chi connectivity index (χ0) is 16.2. The molecule has 0 spiro atoms. The smallest absolute Gasteiger partial charge is 0.264 e. The van der Waals surface area contributed by atoms with Crippen LogP contribution in [0.3, 0.4) is 0 Å². The molecule has 0 fully saturated rings. The second-order valence-electron chi connectivity index (χ2n) is 5.40. The molecule has 0 aliphatic rings. The molecule has 2 rings (SSSR count). The van der Waals surface area contributed by atoms with Crippen molar-refractivity contribution in [2.75, 3.05) is 10.8 Å². The van der Waals surface area contributed by atoms with Gasteiger partial charge in [-0.1, -0.05) is 37.6 Å². The molecule has 22 heavy (non-hydrogen) atoms. The summed E-state index contributed by atoms with van der Waals surface area (Å²) in [5, 5.41) is 0. The number of anilines is 1. The van der Waals surface area contributed by atoms with Crippen molar-refractivity contribution in [3.05, 3.63) is 59.7 Å². The van der Waals surface area contributed by atoms with Gasteiger partial charge < -0.3 is 0 Å². The van der Waals surface area contributed by atoms with E-state index in [0.717, 1.165) is 18.4 Å². The van der Waals surface area contributed by atoms with Crippen LogP contribution in [0.4, 0.5) is 5.69 Å². The third-order valence-electron chi connectivity index (χ3n) is 3.63. The quantitative estimate of drug-likeness (QED) is 0.802. The number of hydrogen-bond acceptors (Lipinski definition) is 2. The monoisotopic (exact) mass is 317 g/mol. The third kappa shape index (κ3) is 3.50. The van der Waals surface area contributed by atoms with Crippen molar-refractivity contribution >= 4 is 15.7 Å². The largest absolute Gasteiger partial charge is 0.267 e. The number of benzene rings is 2. The molecule has 0 saturated heterocycles. The van der Waals surface area contributed by atoms with E-state index in [1.165, 1.54) is 9.87 Å². The molecule has 0 atom stereocenters. The van der Waals surface area contributed by atoms with Gasteiger partial charge in [0.25, 0.3) is 10.0 Å². The Kier molecular flexibility index (Phi) is 5.24. The molecule has 2 aromatic carbocycles. The van der Waals surface area contributed by atoms with Gasteiger partial charge in [0.15, 0.2) is 0 Å². The van der Waals surface area contributed by atoms with Crippen LogP contribution in [-0.4, -0.2) is 15.0 Å². The van der Waals surface area contributed by atoms with Crippen LogP contribution in [0.2, 0.25) is 0 Å². The molecular formula is C18H23NO2S. The molecule has 0 heterocycles. The Morgan fingerprint density at radius 3 is 2.23 bits per heavy atom. The molecule has 0 aliphatic carbocycles. The first kappa shape index (κ1) is 16.6. The van der Waals surface area contributed by atoms with Gasteiger partial charge in [0.1, 0.15) is 0 Å². The summed E-state index contributed by atoms with van der Waals surface area (Å²) in [6.07, 6.45) is 2.02. The van der Waals surface area contributed by atoms with Gasteiger partial charge in [-0.25, -0.2) is 8.42 Å². The van der Waals surface area contributed by atoms with Crippen molar-refractivity contribution in [2.24, 2.45) is 0 Å². The van der Waals surface area contributed by atoms with Gasteiger partial charge in [-0.2, -0.15) is 0 Å². The van der Waals surface area contributed by atoms with Gasteiger partial charge in [0, 0.05) is 6.54 Å². The predicted octanol–water partition coefficient (Wildman–Crippen LogP) is 4.16. The molecule has 2 aromatic rings. The van der Waals surface area contributed by atoms with E-state index in [1.807, 2.05) is 50.2 Å². The van der Waals surface area contributed by atoms with Crippen molar-refractivity contribution in [3.63, 3.8) is 0 Å². The van der Waals surface area contributed by atoms with Gasteiger partial charge in [0.05, 0.1) is 10.6 Å². The summed E-state index contributed by atoms with van der Waals surface area (Å²) in [5.74, 6) is 0. The predicted molar refractivity (Wildman–Crippen MR) is 91.8 cm³/mol. The molecule has 3 nitrogen and oxygen atoms in total. The maximum Gasteiger partial charge on any atom is 0.264 e. The van der Waals surface area contributed by atoms with Crippen molar-refractivity contribution in [1.29, 1.82) is 0 Å². The second-order valence-corrected chi connectivity index (χ2v) is 7.27. The van der Waals surface area contributed by atoms with E-state index in [9.17, 15) is 8.42 Å². The SMILES string of the molecule is CCCc1ccc(S(=O)(=O)N(CC)c2cccc(C)c2)cc1. The lowest BCUT2D eigenvalue weighted by Crippen LogP contribution is -2.30. The van der Waals surface area contributed by atoms with Crippen molar-refractivity contribution in [1.82, 2.24) is 0 Å². The first-order valence-electron chi connectivity index (χ1n) is 7.67. The van der Waals surface area contributed by atoms with Crippen LogP contribution in [0.5, 0.6) is 0 Å². The average Bonchev–Trinajstić information content (AvgIpc) is 2.49. The average molecular weight is 317 g/mol. The fourth-order valence-electron chi connectivity index (χ4n) is 2.52. The van der Waals surface area contributed by atoms with Gasteiger partial charge in [0.2, 0.25) is 0 Å². The van der Waals surface area contributed by atoms with E-state index >= 15 is 0 Å². The molecule has 4 heteroatoms. The second kappa shape index (κ2) is 6.97.